The Morgan fingerprint density at radius 2 is 0.760 bits per heavy atom. The van der Waals surface area contributed by atoms with Crippen molar-refractivity contribution in [3.8, 4) is 44.5 Å². The van der Waals surface area contributed by atoms with Gasteiger partial charge in [0.15, 0.2) is 25.2 Å². The van der Waals surface area contributed by atoms with Crippen molar-refractivity contribution in [1.29, 1.82) is 0 Å². The molecule has 16 rings (SSSR count). The summed E-state index contributed by atoms with van der Waals surface area (Å²) >= 11 is 23.8. The molecule has 0 aliphatic carbocycles. The molecule has 0 spiro atoms. The van der Waals surface area contributed by atoms with Gasteiger partial charge in [-0.1, -0.05) is 211 Å². The number of aryl methyl sites for hydroxylation is 6. The van der Waals surface area contributed by atoms with E-state index in [-0.39, 0.29) is 34.7 Å². The van der Waals surface area contributed by atoms with Crippen molar-refractivity contribution in [3.05, 3.63) is 372 Å². The fraction of sp³-hybridized carbons (Fsp3) is 0.328. The maximum atomic E-state index is 15.3. The third kappa shape index (κ3) is 40.2. The van der Waals surface area contributed by atoms with Crippen LogP contribution in [0.2, 0.25) is 0 Å². The summed E-state index contributed by atoms with van der Waals surface area (Å²) in [6.45, 7) is 35.4. The van der Waals surface area contributed by atoms with Crippen molar-refractivity contribution in [2.24, 2.45) is 0 Å². The second kappa shape index (κ2) is 63.5. The van der Waals surface area contributed by atoms with E-state index in [1.807, 2.05) is 123 Å². The van der Waals surface area contributed by atoms with Crippen molar-refractivity contribution >= 4 is 172 Å². The number of thiophene rings is 6. The first-order valence-corrected chi connectivity index (χ1v) is 64.0. The number of aromatic carboxylic acids is 2. The Bertz CT molecular complexity index is 6690. The molecule has 16 nitrogen and oxygen atoms in total. The van der Waals surface area contributed by atoms with Crippen LogP contribution in [0.1, 0.15) is 301 Å². The molecule has 2 fully saturated rings. The van der Waals surface area contributed by atoms with Crippen LogP contribution in [0, 0.1) is 30.2 Å². The Morgan fingerprint density at radius 3 is 1.13 bits per heavy atom. The molecule has 2 N–H and O–H groups in total. The van der Waals surface area contributed by atoms with E-state index in [4.69, 9.17) is 33.2 Å². The molecule has 0 atom stereocenters. The summed E-state index contributed by atoms with van der Waals surface area (Å²) in [4.78, 5) is 86.7. The van der Waals surface area contributed by atoms with Crippen molar-refractivity contribution in [2.45, 2.75) is 228 Å². The molecule has 31 heteroatoms. The van der Waals surface area contributed by atoms with E-state index in [1.165, 1.54) is 136 Å². The number of esters is 3. The molecule has 8 heterocycles. The zero-order valence-corrected chi connectivity index (χ0v) is 101. The van der Waals surface area contributed by atoms with Crippen LogP contribution in [0.25, 0.3) is 44.5 Å². The van der Waals surface area contributed by atoms with Crippen LogP contribution >= 0.6 is 129 Å². The number of aldehydes is 2. The van der Waals surface area contributed by atoms with Crippen LogP contribution in [0.5, 0.6) is 0 Å². The summed E-state index contributed by atoms with van der Waals surface area (Å²) < 4.78 is 98.7. The molecule has 0 radical (unpaired) electrons. The van der Waals surface area contributed by atoms with Gasteiger partial charge in [0.25, 0.3) is 0 Å². The Balaban J connectivity index is 0.000000216. The zero-order chi connectivity index (χ0) is 110. The molecule has 2 aliphatic rings. The average Bonchev–Trinajstić information content (AvgIpc) is 1.45. The molecular weight excluding hydrogens is 2340 g/mol. The SMILES string of the molecule is CC(C)(C)OC(=O)c1ccccc1-c1ccc(CBr)c(F)c1.CCCc1cc(C(=O)O)sc1Cc1ccc(-c2ccccc2C(=O)O)cc1F.CCCc1cc(C2OCCO2)sc1Br.CCCc1cc(C2OCCO2)sc1Cc1ccc(-c2ccccc2C(=O)OC(C)(C)C)cc1F.CCCc1cc(C=O)sc1Br.CCCc1ccsc1.CCCc1csc(C=O)c1.[CH2-]c1ccc(-c2ccccc2C(=O)OC(C)(C)C)cc1F.[Zn+][Br]. The van der Waals surface area contributed by atoms with Crippen LogP contribution in [0.15, 0.2) is 230 Å². The first kappa shape index (κ1) is 126. The summed E-state index contributed by atoms with van der Waals surface area (Å²) in [5.74, 6) is -4.71. The van der Waals surface area contributed by atoms with E-state index in [1.54, 1.807) is 143 Å². The Labute approximate surface area is 945 Å². The second-order valence-electron chi connectivity index (χ2n) is 37.4. The molecule has 8 aromatic carbocycles. The Hall–Kier alpha value is -9.38. The standard InChI is InChI=1S/C28H31FO4S.C22H19FO4S.C18H18BrFO2.C18H18FO2.C10H13BrO2S.C8H9BrOS.C8H10OS.C7H10S.BrH.Zn/c1-5-8-20-17-25(27-31-13-14-32-27)34-24(20)16-19-12-11-18(15-23(19)29)21-9-6-7-10-22(21)26(30)33-28(2,3)4;1-2-5-15-12-20(22(26)27)28-19(15)11-14-9-8-13(10-18(14)23)16-6-3-4-7-17(16)21(24)25;1-18(2,3)22-17(21)15-7-5-4-6-14(15)12-8-9-13(11-19)16(20)10-12;1-12-9-10-13(11-16(12)19)14-7-5-6-8-15(14)17(20)21-18(2,3)4;1-2-3-7-6-8(14-9(7)11)10-12-4-5-13-10;1-2-3-6-4-7(5-10)11-8(6)9;1-2-3-7-4-8(5-9)10-6-7;1-2-3-7-4-5-8-6-7;;/h6-7,9-12,15,17,27H,5,8,13-14,16H2,1-4H3;3-4,6-10,12H,2,5,11H2,1H3,(H,24,25)(H,26,27);4-10H,11H2,1-3H3;5-11H,1H2,2-4H3;6,10H,2-5H2,1H3;4-5H,2-3H2,1H3;4-6H,2-3H2,1H3;4-6H,2-3H2,1H3;1H;/q;;;-1;;;;;;+2/p-1. The summed E-state index contributed by atoms with van der Waals surface area (Å²) in [7, 11) is 0. The van der Waals surface area contributed by atoms with Crippen molar-refractivity contribution in [1.82, 2.24) is 0 Å². The van der Waals surface area contributed by atoms with Gasteiger partial charge in [-0.3, -0.25) is 14.0 Å². The first-order chi connectivity index (χ1) is 71.6. The van der Waals surface area contributed by atoms with Crippen LogP contribution in [0.4, 0.5) is 17.6 Å². The van der Waals surface area contributed by atoms with Gasteiger partial charge in [-0.15, -0.1) is 62.8 Å². The van der Waals surface area contributed by atoms with Gasteiger partial charge in [-0.25, -0.2) is 37.1 Å². The molecular formula is C119H128Br4F4O16S6Zn. The van der Waals surface area contributed by atoms with Gasteiger partial charge in [0.1, 0.15) is 39.1 Å². The Morgan fingerprint density at radius 1 is 0.400 bits per heavy atom. The third-order valence-corrected chi connectivity index (χ3v) is 30.5. The van der Waals surface area contributed by atoms with E-state index in [2.05, 4.69) is 132 Å². The van der Waals surface area contributed by atoms with Gasteiger partial charge in [0.2, 0.25) is 0 Å². The Kier molecular flexibility index (Phi) is 53.2. The van der Waals surface area contributed by atoms with Gasteiger partial charge in [0.05, 0.1) is 75.8 Å². The van der Waals surface area contributed by atoms with Crippen molar-refractivity contribution in [2.75, 3.05) is 26.4 Å². The number of alkyl halides is 1. The molecule has 0 amide bonds. The molecule has 794 valence electrons. The normalized spacial score (nSPS) is 12.1. The number of carbonyl (C=O) groups is 7. The van der Waals surface area contributed by atoms with E-state index >= 15 is 4.39 Å². The molecule has 2 saturated heterocycles. The zero-order valence-electron chi connectivity index (χ0n) is 87.1. The number of hydrogen-bond acceptors (Lipinski definition) is 20. The van der Waals surface area contributed by atoms with E-state index in [0.717, 1.165) is 104 Å². The number of hydrogen-bond donors (Lipinski definition) is 2. The van der Waals surface area contributed by atoms with E-state index in [9.17, 15) is 56.9 Å². The molecule has 0 bridgehead atoms. The predicted molar refractivity (Wildman–Crippen MR) is 614 cm³/mol. The molecule has 150 heavy (non-hydrogen) atoms. The fourth-order valence-corrected chi connectivity index (χ4v) is 22.9. The molecule has 0 unspecified atom stereocenters. The van der Waals surface area contributed by atoms with Crippen LogP contribution < -0.4 is 0 Å². The van der Waals surface area contributed by atoms with Crippen LogP contribution in [0.3, 0.4) is 0 Å². The average molecular weight is 2470 g/mol. The van der Waals surface area contributed by atoms with Gasteiger partial charge < -0.3 is 43.4 Å². The number of halogens is 8. The van der Waals surface area contributed by atoms with Crippen LogP contribution in [-0.2, 0) is 106 Å². The minimum atomic E-state index is -1.07. The quantitative estimate of drug-likeness (QED) is 0.00812. The molecule has 2 aliphatic heterocycles. The second-order valence-corrected chi connectivity index (χ2v) is 46.8. The fourth-order valence-electron chi connectivity index (χ4n) is 15.3. The number of rotatable bonds is 30. The summed E-state index contributed by atoms with van der Waals surface area (Å²) in [5, 5.41) is 25.4. The van der Waals surface area contributed by atoms with Crippen LogP contribution in [-0.4, -0.2) is 95.9 Å². The van der Waals surface area contributed by atoms with Gasteiger partial charge in [0, 0.05) is 33.7 Å². The van der Waals surface area contributed by atoms with Gasteiger partial charge in [-0.05, 0) is 322 Å². The summed E-state index contributed by atoms with van der Waals surface area (Å²) in [6.07, 6.45) is 14.9. The van der Waals surface area contributed by atoms with Crippen molar-refractivity contribution < 1.29 is 111 Å². The topological polar surface area (TPSA) is 225 Å². The van der Waals surface area contributed by atoms with E-state index in [0.29, 0.717) is 128 Å². The number of carboxylic acid groups (broad SMARTS) is 2. The third-order valence-electron chi connectivity index (χ3n) is 22.0. The first-order valence-electron chi connectivity index (χ1n) is 49.2. The molecule has 0 saturated carbocycles. The number of benzene rings is 8. The van der Waals surface area contributed by atoms with Gasteiger partial charge in [-0.2, -0.15) is 29.9 Å². The monoisotopic (exact) mass is 2460 g/mol. The van der Waals surface area contributed by atoms with Gasteiger partial charge >= 0.3 is 59.8 Å². The van der Waals surface area contributed by atoms with E-state index < -0.39 is 58.3 Å². The molecule has 14 aromatic rings. The number of ether oxygens (including phenoxy) is 7. The number of carboxylic acids is 2. The summed E-state index contributed by atoms with van der Waals surface area (Å²) in [5.41, 5.74) is 14.0. The molecule has 6 aromatic heterocycles. The minimum absolute atomic E-state index is 0.115. The maximum absolute atomic E-state index is 15.3. The number of carbonyl (C=O) groups excluding carboxylic acids is 5. The van der Waals surface area contributed by atoms with Crippen molar-refractivity contribution in [3.63, 3.8) is 0 Å². The summed E-state index contributed by atoms with van der Waals surface area (Å²) in [6, 6.07) is 59.4. The predicted octanol–water partition coefficient (Wildman–Crippen LogP) is 35.4.